The number of rotatable bonds is 8. The van der Waals surface area contributed by atoms with Gasteiger partial charge in [0.15, 0.2) is 0 Å². The van der Waals surface area contributed by atoms with Gasteiger partial charge in [0.05, 0.1) is 13.0 Å². The van der Waals surface area contributed by atoms with Crippen LogP contribution in [0.3, 0.4) is 0 Å². The van der Waals surface area contributed by atoms with E-state index in [1.807, 2.05) is 24.4 Å². The second-order valence-corrected chi connectivity index (χ2v) is 8.66. The molecule has 5 heteroatoms. The molecule has 0 spiro atoms. The average Bonchev–Trinajstić information content (AvgIpc) is 2.88. The van der Waals surface area contributed by atoms with Gasteiger partial charge in [-0.2, -0.15) is 0 Å². The molecular weight excluding hydrogens is 412 g/mol. The van der Waals surface area contributed by atoms with Crippen LogP contribution in [-0.4, -0.2) is 29.2 Å². The van der Waals surface area contributed by atoms with Crippen molar-refractivity contribution in [2.45, 2.75) is 52.9 Å². The van der Waals surface area contributed by atoms with Gasteiger partial charge in [-0.1, -0.05) is 37.3 Å². The molecule has 1 aliphatic rings. The lowest BCUT2D eigenvalue weighted by Gasteiger charge is -2.16. The summed E-state index contributed by atoms with van der Waals surface area (Å²) in [6.45, 7) is 5.55. The number of hydrogen-bond acceptors (Lipinski definition) is 4. The maximum atomic E-state index is 11.5. The van der Waals surface area contributed by atoms with Crippen molar-refractivity contribution in [1.82, 2.24) is 4.98 Å². The van der Waals surface area contributed by atoms with Gasteiger partial charge in [-0.3, -0.25) is 4.79 Å². The Hall–Kier alpha value is -3.34. The zero-order valence-corrected chi connectivity index (χ0v) is 18.7. The SMILES string of the molecule is C.Cc1ccnc(NCCCOc2ccc3c(c2)Cc2cc(C)ccc2C(CC(=O)O)C3)c1. The molecule has 3 aromatic rings. The third-order valence-electron chi connectivity index (χ3n) is 6.00. The van der Waals surface area contributed by atoms with Crippen molar-refractivity contribution in [3.05, 3.63) is 88.1 Å². The third kappa shape index (κ3) is 6.35. The van der Waals surface area contributed by atoms with Crippen LogP contribution in [0.15, 0.2) is 54.7 Å². The second kappa shape index (κ2) is 11.0. The second-order valence-electron chi connectivity index (χ2n) is 8.66. The highest BCUT2D eigenvalue weighted by atomic mass is 16.5. The number of nitrogens with one attached hydrogen (secondary N) is 1. The zero-order chi connectivity index (χ0) is 22.5. The molecule has 1 heterocycles. The molecule has 5 nitrogen and oxygen atoms in total. The largest absolute Gasteiger partial charge is 0.494 e. The number of fused-ring (bicyclic) bond motifs is 2. The summed E-state index contributed by atoms with van der Waals surface area (Å²) in [7, 11) is 0. The van der Waals surface area contributed by atoms with Gasteiger partial charge in [-0.05, 0) is 91.1 Å². The first-order chi connectivity index (χ1) is 15.5. The predicted molar refractivity (Wildman–Crippen MR) is 133 cm³/mol. The van der Waals surface area contributed by atoms with Crippen LogP contribution in [0, 0.1) is 13.8 Å². The van der Waals surface area contributed by atoms with Crippen LogP contribution in [0.5, 0.6) is 5.75 Å². The van der Waals surface area contributed by atoms with Crippen molar-refractivity contribution in [3.8, 4) is 5.75 Å². The first-order valence-corrected chi connectivity index (χ1v) is 11.2. The highest BCUT2D eigenvalue weighted by molar-refractivity contribution is 5.68. The third-order valence-corrected chi connectivity index (χ3v) is 6.00. The van der Waals surface area contributed by atoms with Gasteiger partial charge in [-0.15, -0.1) is 0 Å². The number of carbonyl (C=O) groups is 1. The summed E-state index contributed by atoms with van der Waals surface area (Å²) >= 11 is 0. The molecule has 33 heavy (non-hydrogen) atoms. The summed E-state index contributed by atoms with van der Waals surface area (Å²) in [5.41, 5.74) is 7.21. The van der Waals surface area contributed by atoms with Crippen LogP contribution >= 0.6 is 0 Å². The van der Waals surface area contributed by atoms with Gasteiger partial charge in [0.1, 0.15) is 11.6 Å². The quantitative estimate of drug-likeness (QED) is 0.420. The van der Waals surface area contributed by atoms with Crippen LogP contribution in [0.25, 0.3) is 0 Å². The number of aromatic nitrogens is 1. The number of aryl methyl sites for hydroxylation is 2. The lowest BCUT2D eigenvalue weighted by molar-refractivity contribution is -0.137. The van der Waals surface area contributed by atoms with Gasteiger partial charge in [0, 0.05) is 12.7 Å². The molecule has 1 aromatic heterocycles. The Morgan fingerprint density at radius 3 is 2.67 bits per heavy atom. The van der Waals surface area contributed by atoms with Crippen LogP contribution < -0.4 is 10.1 Å². The topological polar surface area (TPSA) is 71.5 Å². The van der Waals surface area contributed by atoms with E-state index in [9.17, 15) is 9.90 Å². The van der Waals surface area contributed by atoms with Gasteiger partial charge in [-0.25, -0.2) is 4.98 Å². The number of nitrogens with zero attached hydrogens (tertiary/aromatic N) is 1. The molecule has 2 aromatic carbocycles. The molecule has 1 aliphatic carbocycles. The monoisotopic (exact) mass is 446 g/mol. The zero-order valence-electron chi connectivity index (χ0n) is 18.7. The van der Waals surface area contributed by atoms with E-state index in [1.165, 1.54) is 27.8 Å². The number of benzene rings is 2. The number of ether oxygens (including phenoxy) is 1. The summed E-state index contributed by atoms with van der Waals surface area (Å²) in [6, 6.07) is 16.6. The van der Waals surface area contributed by atoms with Crippen molar-refractivity contribution in [2.75, 3.05) is 18.5 Å². The summed E-state index contributed by atoms with van der Waals surface area (Å²) in [6.07, 6.45) is 4.38. The number of carboxylic acid groups (broad SMARTS) is 1. The summed E-state index contributed by atoms with van der Waals surface area (Å²) in [4.78, 5) is 15.8. The Balaban J connectivity index is 0.00000306. The Bertz CT molecular complexity index is 1110. The van der Waals surface area contributed by atoms with Gasteiger partial charge in [0.25, 0.3) is 0 Å². The van der Waals surface area contributed by atoms with E-state index in [0.29, 0.717) is 6.61 Å². The lowest BCUT2D eigenvalue weighted by Crippen LogP contribution is -2.10. The summed E-state index contributed by atoms with van der Waals surface area (Å²) in [5, 5.41) is 12.8. The Labute approximate surface area is 196 Å². The van der Waals surface area contributed by atoms with Crippen LogP contribution in [0.1, 0.15) is 59.6 Å². The van der Waals surface area contributed by atoms with Crippen molar-refractivity contribution >= 4 is 11.8 Å². The highest BCUT2D eigenvalue weighted by Crippen LogP contribution is 2.35. The molecule has 0 aliphatic heterocycles. The normalized spacial score (nSPS) is 14.3. The van der Waals surface area contributed by atoms with Gasteiger partial charge < -0.3 is 15.2 Å². The van der Waals surface area contributed by atoms with Crippen molar-refractivity contribution in [3.63, 3.8) is 0 Å². The molecule has 174 valence electrons. The Morgan fingerprint density at radius 2 is 1.88 bits per heavy atom. The van der Waals surface area contributed by atoms with E-state index in [-0.39, 0.29) is 19.8 Å². The van der Waals surface area contributed by atoms with E-state index in [4.69, 9.17) is 4.74 Å². The molecule has 0 saturated carbocycles. The molecule has 2 N–H and O–H groups in total. The lowest BCUT2D eigenvalue weighted by atomic mass is 9.88. The Morgan fingerprint density at radius 1 is 1.06 bits per heavy atom. The number of carboxylic acids is 1. The van der Waals surface area contributed by atoms with Gasteiger partial charge >= 0.3 is 5.97 Å². The first kappa shape index (κ1) is 24.3. The minimum absolute atomic E-state index is 0. The standard InChI is InChI=1S/C27H30N2O3.CH4/c1-18-4-7-25-22(12-18)15-21-16-24(6-5-20(21)14-23(25)17-27(30)31)32-11-3-9-28-26-13-19(2)8-10-29-26;/h4-8,10,12-13,16,23H,3,9,11,14-15,17H2,1-2H3,(H,28,29)(H,30,31);1H4. The maximum absolute atomic E-state index is 11.5. The van der Waals surface area contributed by atoms with E-state index >= 15 is 0 Å². The minimum Gasteiger partial charge on any atom is -0.494 e. The van der Waals surface area contributed by atoms with E-state index in [2.05, 4.69) is 54.5 Å². The number of anilines is 1. The number of aliphatic carboxylic acids is 1. The smallest absolute Gasteiger partial charge is 0.303 e. The molecular formula is C28H34N2O3. The van der Waals surface area contributed by atoms with Crippen molar-refractivity contribution < 1.29 is 14.6 Å². The predicted octanol–water partition coefficient (Wildman–Crippen LogP) is 5.92. The molecule has 1 unspecified atom stereocenters. The molecule has 0 amide bonds. The van der Waals surface area contributed by atoms with Crippen LogP contribution in [0.4, 0.5) is 5.82 Å². The fourth-order valence-corrected chi connectivity index (χ4v) is 4.43. The summed E-state index contributed by atoms with van der Waals surface area (Å²) < 4.78 is 6.02. The molecule has 0 saturated heterocycles. The van der Waals surface area contributed by atoms with Crippen molar-refractivity contribution in [1.29, 1.82) is 0 Å². The van der Waals surface area contributed by atoms with Gasteiger partial charge in [0.2, 0.25) is 0 Å². The Kier molecular flexibility index (Phi) is 8.10. The molecule has 0 bridgehead atoms. The van der Waals surface area contributed by atoms with Crippen molar-refractivity contribution in [2.24, 2.45) is 0 Å². The number of pyridine rings is 1. The van der Waals surface area contributed by atoms with Crippen LogP contribution in [0.2, 0.25) is 0 Å². The van der Waals surface area contributed by atoms with E-state index in [0.717, 1.165) is 42.9 Å². The van der Waals surface area contributed by atoms with E-state index < -0.39 is 5.97 Å². The highest BCUT2D eigenvalue weighted by Gasteiger charge is 2.24. The molecule has 0 radical (unpaired) electrons. The number of hydrogen-bond donors (Lipinski definition) is 2. The fourth-order valence-electron chi connectivity index (χ4n) is 4.43. The van der Waals surface area contributed by atoms with E-state index in [1.54, 1.807) is 0 Å². The molecule has 1 atom stereocenters. The molecule has 4 rings (SSSR count). The van der Waals surface area contributed by atoms with Crippen LogP contribution in [-0.2, 0) is 17.6 Å². The summed E-state index contributed by atoms with van der Waals surface area (Å²) in [5.74, 6) is 1.00. The fraction of sp³-hybridized carbons (Fsp3) is 0.357. The minimum atomic E-state index is -0.751. The maximum Gasteiger partial charge on any atom is 0.303 e. The molecule has 0 fully saturated rings. The first-order valence-electron chi connectivity index (χ1n) is 11.2. The average molecular weight is 447 g/mol.